The van der Waals surface area contributed by atoms with Gasteiger partial charge >= 0.3 is 5.97 Å². The van der Waals surface area contributed by atoms with Gasteiger partial charge in [0.15, 0.2) is 15.5 Å². The van der Waals surface area contributed by atoms with E-state index in [9.17, 15) is 13.2 Å². The molecule has 0 aliphatic carbocycles. The highest BCUT2D eigenvalue weighted by atomic mass is 32.2. The van der Waals surface area contributed by atoms with Crippen LogP contribution in [-0.2, 0) is 9.84 Å². The van der Waals surface area contributed by atoms with E-state index in [0.29, 0.717) is 17.8 Å². The summed E-state index contributed by atoms with van der Waals surface area (Å²) in [5, 5.41) is 9.14. The summed E-state index contributed by atoms with van der Waals surface area (Å²) in [6.07, 6.45) is 4.85. The number of sulfone groups is 1. The van der Waals surface area contributed by atoms with Crippen LogP contribution >= 0.6 is 0 Å². The lowest BCUT2D eigenvalue weighted by Gasteiger charge is -2.19. The van der Waals surface area contributed by atoms with E-state index in [1.165, 1.54) is 6.07 Å². The summed E-state index contributed by atoms with van der Waals surface area (Å²) < 4.78 is 25.0. The zero-order valence-electron chi connectivity index (χ0n) is 10.7. The fourth-order valence-corrected chi connectivity index (χ4v) is 4.38. The molecule has 1 aliphatic rings. The van der Waals surface area contributed by atoms with Crippen molar-refractivity contribution in [1.82, 2.24) is 9.38 Å². The fourth-order valence-electron chi connectivity index (χ4n) is 2.65. The molecule has 7 heteroatoms. The number of rotatable bonds is 2. The molecule has 1 fully saturated rings. The van der Waals surface area contributed by atoms with Crippen molar-refractivity contribution in [3.63, 3.8) is 0 Å². The number of carboxylic acids is 1. The van der Waals surface area contributed by atoms with Gasteiger partial charge in [-0.15, -0.1) is 0 Å². The highest BCUT2D eigenvalue weighted by Gasteiger charge is 2.28. The summed E-state index contributed by atoms with van der Waals surface area (Å²) in [7, 11) is -3.01. The maximum absolute atomic E-state index is 11.7. The van der Waals surface area contributed by atoms with E-state index in [-0.39, 0.29) is 23.0 Å². The molecule has 0 spiro atoms. The zero-order valence-corrected chi connectivity index (χ0v) is 11.5. The van der Waals surface area contributed by atoms with Crippen LogP contribution in [0.15, 0.2) is 24.5 Å². The molecule has 1 atom stereocenters. The number of hydrogen-bond acceptors (Lipinski definition) is 4. The van der Waals surface area contributed by atoms with Gasteiger partial charge in [0.1, 0.15) is 5.56 Å². The number of carbonyl (C=O) groups is 1. The third kappa shape index (κ3) is 2.29. The van der Waals surface area contributed by atoms with Crippen LogP contribution < -0.4 is 0 Å². The van der Waals surface area contributed by atoms with Crippen molar-refractivity contribution in [3.05, 3.63) is 35.8 Å². The van der Waals surface area contributed by atoms with Gasteiger partial charge in [0.25, 0.3) is 0 Å². The van der Waals surface area contributed by atoms with Gasteiger partial charge in [-0.2, -0.15) is 0 Å². The molecule has 6 nitrogen and oxygen atoms in total. The van der Waals surface area contributed by atoms with Gasteiger partial charge in [0.05, 0.1) is 17.2 Å². The Morgan fingerprint density at radius 1 is 1.45 bits per heavy atom. The topological polar surface area (TPSA) is 88.7 Å². The number of imidazole rings is 1. The quantitative estimate of drug-likeness (QED) is 0.902. The van der Waals surface area contributed by atoms with Crippen LogP contribution in [0.2, 0.25) is 0 Å². The van der Waals surface area contributed by atoms with E-state index < -0.39 is 15.8 Å². The highest BCUT2D eigenvalue weighted by molar-refractivity contribution is 7.91. The molecule has 20 heavy (non-hydrogen) atoms. The van der Waals surface area contributed by atoms with Crippen LogP contribution in [0.3, 0.4) is 0 Å². The normalized spacial score (nSPS) is 21.9. The first kappa shape index (κ1) is 13.1. The first-order valence-corrected chi connectivity index (χ1v) is 8.20. The number of carboxylic acid groups (broad SMARTS) is 1. The molecule has 0 saturated carbocycles. The number of aromatic nitrogens is 2. The molecular weight excluding hydrogens is 280 g/mol. The van der Waals surface area contributed by atoms with Gasteiger partial charge in [0, 0.05) is 18.3 Å². The highest BCUT2D eigenvalue weighted by Crippen LogP contribution is 2.28. The Morgan fingerprint density at radius 2 is 2.25 bits per heavy atom. The molecule has 1 saturated heterocycles. The second kappa shape index (κ2) is 4.59. The predicted molar refractivity (Wildman–Crippen MR) is 72.8 cm³/mol. The van der Waals surface area contributed by atoms with Crippen LogP contribution in [0.5, 0.6) is 0 Å². The Labute approximate surface area is 116 Å². The molecule has 3 rings (SSSR count). The molecule has 2 aromatic rings. The second-order valence-electron chi connectivity index (χ2n) is 5.08. The van der Waals surface area contributed by atoms with Crippen molar-refractivity contribution in [2.24, 2.45) is 0 Å². The van der Waals surface area contributed by atoms with E-state index in [1.807, 2.05) is 0 Å². The van der Waals surface area contributed by atoms with Crippen LogP contribution in [0.25, 0.3) is 5.65 Å². The molecule has 1 aliphatic heterocycles. The first-order valence-electron chi connectivity index (χ1n) is 6.37. The van der Waals surface area contributed by atoms with Crippen LogP contribution in [0.4, 0.5) is 0 Å². The van der Waals surface area contributed by atoms with Gasteiger partial charge in [-0.25, -0.2) is 18.2 Å². The van der Waals surface area contributed by atoms with Gasteiger partial charge in [0.2, 0.25) is 0 Å². The van der Waals surface area contributed by atoms with E-state index in [0.717, 1.165) is 6.42 Å². The van der Waals surface area contributed by atoms with Crippen LogP contribution in [-0.4, -0.2) is 40.4 Å². The molecular formula is C13H14N2O4S. The summed E-state index contributed by atoms with van der Waals surface area (Å²) >= 11 is 0. The minimum absolute atomic E-state index is 0.0965. The smallest absolute Gasteiger partial charge is 0.339 e. The van der Waals surface area contributed by atoms with Crippen LogP contribution in [0, 0.1) is 0 Å². The Morgan fingerprint density at radius 3 is 2.95 bits per heavy atom. The lowest BCUT2D eigenvalue weighted by molar-refractivity contribution is 0.0698. The Kier molecular flexibility index (Phi) is 3.01. The SMILES string of the molecule is O=C(O)c1cccn2cc(C3CCCS(=O)(=O)C3)nc12. The zero-order chi connectivity index (χ0) is 14.3. The summed E-state index contributed by atoms with van der Waals surface area (Å²) in [6, 6.07) is 3.13. The number of pyridine rings is 1. The van der Waals surface area contributed by atoms with E-state index in [4.69, 9.17) is 5.11 Å². The Bertz CT molecular complexity index is 779. The third-order valence-corrected chi connectivity index (χ3v) is 5.43. The van der Waals surface area contributed by atoms with E-state index in [1.54, 1.807) is 22.9 Å². The van der Waals surface area contributed by atoms with Crippen molar-refractivity contribution in [1.29, 1.82) is 0 Å². The molecule has 0 bridgehead atoms. The molecule has 3 heterocycles. The van der Waals surface area contributed by atoms with Gasteiger partial charge in [-0.3, -0.25) is 0 Å². The molecule has 2 aromatic heterocycles. The molecule has 1 unspecified atom stereocenters. The van der Waals surface area contributed by atoms with Gasteiger partial charge in [-0.05, 0) is 25.0 Å². The van der Waals surface area contributed by atoms with E-state index in [2.05, 4.69) is 4.98 Å². The maximum Gasteiger partial charge on any atom is 0.339 e. The van der Waals surface area contributed by atoms with Crippen molar-refractivity contribution >= 4 is 21.5 Å². The second-order valence-corrected chi connectivity index (χ2v) is 7.31. The maximum atomic E-state index is 11.7. The molecule has 1 N–H and O–H groups in total. The van der Waals surface area contributed by atoms with Gasteiger partial charge < -0.3 is 9.51 Å². The Hall–Kier alpha value is -1.89. The predicted octanol–water partition coefficient (Wildman–Crippen LogP) is 1.32. The average Bonchev–Trinajstić information content (AvgIpc) is 2.80. The minimum atomic E-state index is -3.01. The summed E-state index contributed by atoms with van der Waals surface area (Å²) in [6.45, 7) is 0. The fraction of sp³-hybridized carbons (Fsp3) is 0.385. The molecule has 0 aromatic carbocycles. The van der Waals surface area contributed by atoms with E-state index >= 15 is 0 Å². The van der Waals surface area contributed by atoms with Crippen molar-refractivity contribution in [2.45, 2.75) is 18.8 Å². The largest absolute Gasteiger partial charge is 0.478 e. The number of aromatic carboxylic acids is 1. The molecule has 106 valence electrons. The van der Waals surface area contributed by atoms with Gasteiger partial charge in [-0.1, -0.05) is 0 Å². The minimum Gasteiger partial charge on any atom is -0.478 e. The summed E-state index contributed by atoms with van der Waals surface area (Å²) in [5.74, 6) is -0.851. The number of fused-ring (bicyclic) bond motifs is 1. The third-order valence-electron chi connectivity index (χ3n) is 3.61. The van der Waals surface area contributed by atoms with Crippen LogP contribution in [0.1, 0.15) is 34.8 Å². The standard InChI is InChI=1S/C13H14N2O4S/c16-13(17)10-4-1-5-15-7-11(14-12(10)15)9-3-2-6-20(18,19)8-9/h1,4-5,7,9H,2-3,6,8H2,(H,16,17). The lowest BCUT2D eigenvalue weighted by atomic mass is 10.0. The molecule has 0 amide bonds. The van der Waals surface area contributed by atoms with Crippen molar-refractivity contribution < 1.29 is 18.3 Å². The van der Waals surface area contributed by atoms with Crippen molar-refractivity contribution in [2.75, 3.05) is 11.5 Å². The summed E-state index contributed by atoms with van der Waals surface area (Å²) in [4.78, 5) is 15.5. The summed E-state index contributed by atoms with van der Waals surface area (Å²) in [5.41, 5.74) is 1.14. The molecule has 0 radical (unpaired) electrons. The monoisotopic (exact) mass is 294 g/mol. The van der Waals surface area contributed by atoms with Crippen molar-refractivity contribution in [3.8, 4) is 0 Å². The average molecular weight is 294 g/mol. The lowest BCUT2D eigenvalue weighted by Crippen LogP contribution is -2.23. The first-order chi connectivity index (χ1) is 9.46. The Balaban J connectivity index is 2.05. The number of nitrogens with zero attached hydrogens (tertiary/aromatic N) is 2. The number of hydrogen-bond donors (Lipinski definition) is 1.